The Labute approximate surface area is 198 Å². The smallest absolute Gasteiger partial charge is 0.0150 e. The van der Waals surface area contributed by atoms with Crippen molar-refractivity contribution in [1.29, 1.82) is 0 Å². The van der Waals surface area contributed by atoms with Crippen LogP contribution in [0.25, 0.3) is 0 Å². The van der Waals surface area contributed by atoms with E-state index in [9.17, 15) is 0 Å². The Bertz CT molecular complexity index is 848. The van der Waals surface area contributed by atoms with Crippen molar-refractivity contribution in [3.63, 3.8) is 0 Å². The van der Waals surface area contributed by atoms with E-state index in [0.29, 0.717) is 23.7 Å². The molecule has 3 aromatic carbocycles. The van der Waals surface area contributed by atoms with Gasteiger partial charge in [-0.3, -0.25) is 0 Å². The van der Waals surface area contributed by atoms with Crippen molar-refractivity contribution >= 4 is 0 Å². The SMILES string of the molecule is CC.CCC(C)c1ccc(C(C)CC(CC(CC)c2ccccc2)c2ccccc2)cc1. The molecule has 3 aromatic rings. The molecule has 4 atom stereocenters. The Morgan fingerprint density at radius 1 is 0.469 bits per heavy atom. The summed E-state index contributed by atoms with van der Waals surface area (Å²) in [4.78, 5) is 0. The molecule has 0 fully saturated rings. The molecule has 0 aromatic heterocycles. The minimum atomic E-state index is 0.550. The topological polar surface area (TPSA) is 0 Å². The summed E-state index contributed by atoms with van der Waals surface area (Å²) in [5, 5.41) is 0. The van der Waals surface area contributed by atoms with Gasteiger partial charge in [-0.15, -0.1) is 0 Å². The number of hydrogen-bond donors (Lipinski definition) is 0. The van der Waals surface area contributed by atoms with Gasteiger partial charge in [0.05, 0.1) is 0 Å². The molecule has 0 heterocycles. The molecule has 0 radical (unpaired) electrons. The van der Waals surface area contributed by atoms with E-state index in [4.69, 9.17) is 0 Å². The maximum absolute atomic E-state index is 2.40. The highest BCUT2D eigenvalue weighted by molar-refractivity contribution is 5.29. The number of benzene rings is 3. The maximum atomic E-state index is 2.40. The van der Waals surface area contributed by atoms with Gasteiger partial charge in [0.2, 0.25) is 0 Å². The second-order valence-corrected chi connectivity index (χ2v) is 8.97. The summed E-state index contributed by atoms with van der Waals surface area (Å²) in [7, 11) is 0. The molecule has 32 heavy (non-hydrogen) atoms. The molecular weight excluding hydrogens is 384 g/mol. The van der Waals surface area contributed by atoms with Crippen LogP contribution in [-0.2, 0) is 0 Å². The first kappa shape index (κ1) is 25.9. The van der Waals surface area contributed by atoms with Gasteiger partial charge in [0.25, 0.3) is 0 Å². The Hall–Kier alpha value is -2.34. The fraction of sp³-hybridized carbons (Fsp3) is 0.438. The van der Waals surface area contributed by atoms with E-state index in [1.165, 1.54) is 47.9 Å². The molecule has 0 aliphatic carbocycles. The molecule has 3 rings (SSSR count). The fourth-order valence-electron chi connectivity index (χ4n) is 4.65. The summed E-state index contributed by atoms with van der Waals surface area (Å²) in [6.45, 7) is 13.3. The third kappa shape index (κ3) is 7.37. The average Bonchev–Trinajstić information content (AvgIpc) is 2.88. The largest absolute Gasteiger partial charge is 0.0683 e. The first-order chi connectivity index (χ1) is 15.6. The standard InChI is InChI=1S/C30H38.C2H6/c1-5-23(3)26-17-19-27(20-18-26)24(4)21-30(29-15-11-8-12-16-29)22-25(6-2)28-13-9-7-10-14-28;1-2/h7-20,23-25,30H,5-6,21-22H2,1-4H3;1-2H3. The van der Waals surface area contributed by atoms with Crippen LogP contribution in [0.15, 0.2) is 84.9 Å². The molecule has 0 spiro atoms. The van der Waals surface area contributed by atoms with Gasteiger partial charge in [0.1, 0.15) is 0 Å². The van der Waals surface area contributed by atoms with E-state index in [-0.39, 0.29) is 0 Å². The third-order valence-corrected chi connectivity index (χ3v) is 6.93. The van der Waals surface area contributed by atoms with Crippen LogP contribution < -0.4 is 0 Å². The van der Waals surface area contributed by atoms with Gasteiger partial charge in [-0.2, -0.15) is 0 Å². The molecule has 0 saturated heterocycles. The van der Waals surface area contributed by atoms with Crippen molar-refractivity contribution in [2.24, 2.45) is 0 Å². The number of hydrogen-bond acceptors (Lipinski definition) is 0. The average molecular weight is 429 g/mol. The highest BCUT2D eigenvalue weighted by Gasteiger charge is 2.21. The minimum Gasteiger partial charge on any atom is -0.0683 e. The van der Waals surface area contributed by atoms with E-state index in [2.05, 4.69) is 113 Å². The first-order valence-corrected chi connectivity index (χ1v) is 12.8. The van der Waals surface area contributed by atoms with Gasteiger partial charge < -0.3 is 0 Å². The zero-order valence-corrected chi connectivity index (χ0v) is 21.2. The Balaban J connectivity index is 0.00000176. The van der Waals surface area contributed by atoms with Crippen molar-refractivity contribution in [2.45, 2.75) is 90.9 Å². The van der Waals surface area contributed by atoms with Gasteiger partial charge in [-0.1, -0.05) is 126 Å². The van der Waals surface area contributed by atoms with Gasteiger partial charge >= 0.3 is 0 Å². The zero-order chi connectivity index (χ0) is 23.3. The molecule has 0 aliphatic rings. The van der Waals surface area contributed by atoms with Crippen LogP contribution in [0.3, 0.4) is 0 Å². The van der Waals surface area contributed by atoms with Crippen molar-refractivity contribution in [3.05, 3.63) is 107 Å². The van der Waals surface area contributed by atoms with Gasteiger partial charge in [-0.05, 0) is 71.6 Å². The summed E-state index contributed by atoms with van der Waals surface area (Å²) in [6.07, 6.45) is 4.78. The van der Waals surface area contributed by atoms with E-state index in [1.807, 2.05) is 13.8 Å². The minimum absolute atomic E-state index is 0.550. The highest BCUT2D eigenvalue weighted by atomic mass is 14.3. The predicted octanol–water partition coefficient (Wildman–Crippen LogP) is 10.1. The lowest BCUT2D eigenvalue weighted by atomic mass is 9.78. The van der Waals surface area contributed by atoms with Gasteiger partial charge in [0, 0.05) is 0 Å². The molecule has 4 unspecified atom stereocenters. The van der Waals surface area contributed by atoms with Crippen LogP contribution >= 0.6 is 0 Å². The second-order valence-electron chi connectivity index (χ2n) is 8.97. The lowest BCUT2D eigenvalue weighted by molar-refractivity contribution is 0.467. The van der Waals surface area contributed by atoms with Crippen LogP contribution in [-0.4, -0.2) is 0 Å². The molecule has 172 valence electrons. The van der Waals surface area contributed by atoms with Crippen LogP contribution in [0.1, 0.15) is 113 Å². The van der Waals surface area contributed by atoms with Crippen molar-refractivity contribution in [2.75, 3.05) is 0 Å². The summed E-state index contributed by atoms with van der Waals surface area (Å²) in [5.74, 6) is 2.37. The van der Waals surface area contributed by atoms with Gasteiger partial charge in [0.15, 0.2) is 0 Å². The van der Waals surface area contributed by atoms with Crippen LogP contribution in [0.5, 0.6) is 0 Å². The van der Waals surface area contributed by atoms with E-state index < -0.39 is 0 Å². The second kappa shape index (κ2) is 13.9. The molecule has 0 N–H and O–H groups in total. The monoisotopic (exact) mass is 428 g/mol. The van der Waals surface area contributed by atoms with Crippen LogP contribution in [0.4, 0.5) is 0 Å². The predicted molar refractivity (Wildman–Crippen MR) is 143 cm³/mol. The van der Waals surface area contributed by atoms with Gasteiger partial charge in [-0.25, -0.2) is 0 Å². The number of rotatable bonds is 10. The molecule has 0 nitrogen and oxygen atoms in total. The lowest BCUT2D eigenvalue weighted by Crippen LogP contribution is -2.10. The molecule has 0 aliphatic heterocycles. The fourth-order valence-corrected chi connectivity index (χ4v) is 4.65. The summed E-state index contributed by atoms with van der Waals surface area (Å²) >= 11 is 0. The van der Waals surface area contributed by atoms with Crippen molar-refractivity contribution in [1.82, 2.24) is 0 Å². The van der Waals surface area contributed by atoms with Crippen molar-refractivity contribution in [3.8, 4) is 0 Å². The molecular formula is C32H44. The summed E-state index contributed by atoms with van der Waals surface area (Å²) in [5.41, 5.74) is 5.89. The third-order valence-electron chi connectivity index (χ3n) is 6.93. The highest BCUT2D eigenvalue weighted by Crippen LogP contribution is 2.38. The summed E-state index contributed by atoms with van der Waals surface area (Å²) < 4.78 is 0. The zero-order valence-electron chi connectivity index (χ0n) is 21.2. The summed E-state index contributed by atoms with van der Waals surface area (Å²) in [6, 6.07) is 31.6. The van der Waals surface area contributed by atoms with Crippen molar-refractivity contribution < 1.29 is 0 Å². The Morgan fingerprint density at radius 2 is 0.906 bits per heavy atom. The van der Waals surface area contributed by atoms with E-state index >= 15 is 0 Å². The Kier molecular flexibility index (Phi) is 11.3. The van der Waals surface area contributed by atoms with E-state index in [1.54, 1.807) is 0 Å². The first-order valence-electron chi connectivity index (χ1n) is 12.8. The maximum Gasteiger partial charge on any atom is -0.0150 e. The quantitative estimate of drug-likeness (QED) is 0.301. The Morgan fingerprint density at radius 3 is 1.34 bits per heavy atom. The molecule has 0 saturated carbocycles. The normalized spacial score (nSPS) is 14.6. The molecule has 0 heteroatoms. The molecule has 0 bridgehead atoms. The van der Waals surface area contributed by atoms with Crippen LogP contribution in [0.2, 0.25) is 0 Å². The van der Waals surface area contributed by atoms with E-state index in [0.717, 1.165) is 0 Å². The van der Waals surface area contributed by atoms with Crippen LogP contribution in [0, 0.1) is 0 Å². The molecule has 0 amide bonds. The lowest BCUT2D eigenvalue weighted by Gasteiger charge is -2.26.